The van der Waals surface area contributed by atoms with Crippen molar-refractivity contribution in [2.24, 2.45) is 0 Å². The Balaban J connectivity index is 1.50. The number of carbonyl (C=O) groups is 3. The van der Waals surface area contributed by atoms with Crippen molar-refractivity contribution < 1.29 is 33.4 Å². The molecule has 0 saturated carbocycles. The summed E-state index contributed by atoms with van der Waals surface area (Å²) in [6.07, 6.45) is -1.02. The Bertz CT molecular complexity index is 1060. The number of fused-ring (bicyclic) bond motifs is 3. The molecule has 1 heterocycles. The number of alkyl halides is 2. The highest BCUT2D eigenvalue weighted by atomic mass is 19.3. The van der Waals surface area contributed by atoms with Crippen LogP contribution in [0.1, 0.15) is 27.9 Å². The highest BCUT2D eigenvalue weighted by Crippen LogP contribution is 2.50. The SMILES string of the molecule is O=C(NCC(=O)N1C[C@H](O)C[C@H]1C(=O)O)c1ccc2c(c1)-c1ccccc1C2(F)F. The third-order valence-electron chi connectivity index (χ3n) is 5.46. The number of hydrogen-bond acceptors (Lipinski definition) is 4. The van der Waals surface area contributed by atoms with Crippen LogP contribution in [0.4, 0.5) is 8.78 Å². The van der Waals surface area contributed by atoms with Gasteiger partial charge in [0.25, 0.3) is 11.8 Å². The van der Waals surface area contributed by atoms with E-state index in [4.69, 9.17) is 5.11 Å². The predicted molar refractivity (Wildman–Crippen MR) is 101 cm³/mol. The zero-order valence-corrected chi connectivity index (χ0v) is 15.6. The van der Waals surface area contributed by atoms with Gasteiger partial charge in [-0.05, 0) is 23.3 Å². The van der Waals surface area contributed by atoms with Crippen molar-refractivity contribution in [3.05, 3.63) is 59.2 Å². The van der Waals surface area contributed by atoms with E-state index in [1.807, 2.05) is 0 Å². The van der Waals surface area contributed by atoms with Crippen LogP contribution < -0.4 is 5.32 Å². The van der Waals surface area contributed by atoms with E-state index < -0.39 is 42.4 Å². The molecule has 2 aromatic carbocycles. The summed E-state index contributed by atoms with van der Waals surface area (Å²) < 4.78 is 29.2. The molecule has 3 N–H and O–H groups in total. The molecule has 0 aromatic heterocycles. The van der Waals surface area contributed by atoms with E-state index in [0.29, 0.717) is 5.56 Å². The van der Waals surface area contributed by atoms with Crippen LogP contribution in [0.25, 0.3) is 11.1 Å². The van der Waals surface area contributed by atoms with Crippen LogP contribution in [0, 0.1) is 0 Å². The van der Waals surface area contributed by atoms with Crippen LogP contribution >= 0.6 is 0 Å². The van der Waals surface area contributed by atoms with E-state index in [1.54, 1.807) is 12.1 Å². The molecule has 0 radical (unpaired) electrons. The first kappa shape index (κ1) is 20.0. The highest BCUT2D eigenvalue weighted by molar-refractivity contribution is 5.99. The van der Waals surface area contributed by atoms with Gasteiger partial charge in [-0.3, -0.25) is 9.59 Å². The number of aliphatic hydroxyl groups is 1. The lowest BCUT2D eigenvalue weighted by Gasteiger charge is -2.21. The molecule has 2 amide bonds. The number of nitrogens with one attached hydrogen (secondary N) is 1. The number of carboxylic acid groups (broad SMARTS) is 1. The first-order valence-corrected chi connectivity index (χ1v) is 9.31. The van der Waals surface area contributed by atoms with Crippen LogP contribution in [-0.2, 0) is 15.5 Å². The summed E-state index contributed by atoms with van der Waals surface area (Å²) in [6.45, 7) is -0.602. The standard InChI is InChI=1S/C21H18F2N2O5/c22-21(23)15-4-2-1-3-13(15)14-7-11(5-6-16(14)21)19(28)24-9-18(27)25-10-12(26)8-17(25)20(29)30/h1-7,12,17,26H,8-10H2,(H,24,28)(H,29,30)/t12-,17+/m1/s1. The Morgan fingerprint density at radius 2 is 1.80 bits per heavy atom. The number of benzene rings is 2. The van der Waals surface area contributed by atoms with Gasteiger partial charge >= 0.3 is 5.97 Å². The first-order valence-electron chi connectivity index (χ1n) is 9.31. The minimum atomic E-state index is -3.15. The second-order valence-corrected chi connectivity index (χ2v) is 7.35. The second kappa shape index (κ2) is 7.17. The van der Waals surface area contributed by atoms with Crippen LogP contribution in [0.3, 0.4) is 0 Å². The summed E-state index contributed by atoms with van der Waals surface area (Å²) >= 11 is 0. The summed E-state index contributed by atoms with van der Waals surface area (Å²) in [5, 5.41) is 21.2. The largest absolute Gasteiger partial charge is 0.480 e. The number of amides is 2. The molecule has 2 aromatic rings. The maximum atomic E-state index is 14.6. The van der Waals surface area contributed by atoms with Crippen molar-refractivity contribution in [1.29, 1.82) is 0 Å². The minimum absolute atomic E-state index is 0.0759. The van der Waals surface area contributed by atoms with Gasteiger partial charge in [0, 0.05) is 29.7 Å². The lowest BCUT2D eigenvalue weighted by Crippen LogP contribution is -2.45. The number of rotatable bonds is 4. The summed E-state index contributed by atoms with van der Waals surface area (Å²) in [7, 11) is 0. The molecular formula is C21H18F2N2O5. The number of β-amino-alcohol motifs (C(OH)–C–C–N with tert-alkyl or cyclic N) is 1. The average Bonchev–Trinajstić information content (AvgIpc) is 3.22. The van der Waals surface area contributed by atoms with Gasteiger partial charge in [-0.1, -0.05) is 30.3 Å². The van der Waals surface area contributed by atoms with Gasteiger partial charge in [-0.2, -0.15) is 8.78 Å². The molecule has 1 aliphatic carbocycles. The quantitative estimate of drug-likeness (QED) is 0.702. The van der Waals surface area contributed by atoms with Gasteiger partial charge in [-0.25, -0.2) is 4.79 Å². The van der Waals surface area contributed by atoms with Crippen LogP contribution in [0.5, 0.6) is 0 Å². The van der Waals surface area contributed by atoms with Gasteiger partial charge < -0.3 is 20.4 Å². The van der Waals surface area contributed by atoms with E-state index >= 15 is 0 Å². The molecule has 1 aliphatic heterocycles. The highest BCUT2D eigenvalue weighted by Gasteiger charge is 2.44. The fourth-order valence-corrected chi connectivity index (χ4v) is 4.00. The molecular weight excluding hydrogens is 398 g/mol. The fourth-order valence-electron chi connectivity index (χ4n) is 4.00. The number of likely N-dealkylation sites (tertiary alicyclic amines) is 1. The number of aliphatic hydroxyl groups excluding tert-OH is 1. The van der Waals surface area contributed by atoms with Gasteiger partial charge in [0.1, 0.15) is 6.04 Å². The summed E-state index contributed by atoms with van der Waals surface area (Å²) in [6, 6.07) is 8.73. The Labute approximate surface area is 169 Å². The Morgan fingerprint density at radius 3 is 2.53 bits per heavy atom. The Hall–Kier alpha value is -3.33. The van der Waals surface area contributed by atoms with E-state index in [1.165, 1.54) is 30.3 Å². The molecule has 0 bridgehead atoms. The van der Waals surface area contributed by atoms with Crippen LogP contribution in [0.15, 0.2) is 42.5 Å². The lowest BCUT2D eigenvalue weighted by molar-refractivity contribution is -0.147. The van der Waals surface area contributed by atoms with E-state index in [2.05, 4.69) is 5.32 Å². The molecule has 4 rings (SSSR count). The first-order chi connectivity index (χ1) is 14.2. The van der Waals surface area contributed by atoms with Crippen molar-refractivity contribution in [1.82, 2.24) is 10.2 Å². The lowest BCUT2D eigenvalue weighted by atomic mass is 10.0. The maximum Gasteiger partial charge on any atom is 0.326 e. The molecule has 30 heavy (non-hydrogen) atoms. The molecule has 156 valence electrons. The predicted octanol–water partition coefficient (Wildman–Crippen LogP) is 1.58. The molecule has 2 atom stereocenters. The number of halogens is 2. The number of carboxylic acids is 1. The normalized spacial score (nSPS) is 21.1. The van der Waals surface area contributed by atoms with Crippen molar-refractivity contribution in [3.63, 3.8) is 0 Å². The van der Waals surface area contributed by atoms with Crippen molar-refractivity contribution in [2.45, 2.75) is 24.5 Å². The third kappa shape index (κ3) is 3.21. The van der Waals surface area contributed by atoms with E-state index in [9.17, 15) is 28.3 Å². The molecule has 7 nitrogen and oxygen atoms in total. The van der Waals surface area contributed by atoms with Gasteiger partial charge in [0.15, 0.2) is 0 Å². The van der Waals surface area contributed by atoms with Gasteiger partial charge in [0.05, 0.1) is 12.6 Å². The summed E-state index contributed by atoms with van der Waals surface area (Å²) in [5.41, 5.74) is 0.388. The molecule has 2 aliphatic rings. The zero-order chi connectivity index (χ0) is 21.6. The third-order valence-corrected chi connectivity index (χ3v) is 5.46. The summed E-state index contributed by atoms with van der Waals surface area (Å²) in [5.74, 6) is -5.68. The maximum absolute atomic E-state index is 14.6. The summed E-state index contributed by atoms with van der Waals surface area (Å²) in [4.78, 5) is 37.0. The number of hydrogen-bond donors (Lipinski definition) is 3. The fraction of sp³-hybridized carbons (Fsp3) is 0.286. The van der Waals surface area contributed by atoms with Gasteiger partial charge in [0.2, 0.25) is 5.91 Å². The smallest absolute Gasteiger partial charge is 0.326 e. The van der Waals surface area contributed by atoms with Crippen molar-refractivity contribution in [2.75, 3.05) is 13.1 Å². The van der Waals surface area contributed by atoms with E-state index in [0.717, 1.165) is 4.90 Å². The van der Waals surface area contributed by atoms with Crippen molar-refractivity contribution in [3.8, 4) is 11.1 Å². The zero-order valence-electron chi connectivity index (χ0n) is 15.6. The molecule has 9 heteroatoms. The molecule has 1 fully saturated rings. The topological polar surface area (TPSA) is 107 Å². The average molecular weight is 416 g/mol. The van der Waals surface area contributed by atoms with Crippen LogP contribution in [-0.4, -0.2) is 58.1 Å². The molecule has 1 saturated heterocycles. The van der Waals surface area contributed by atoms with Crippen LogP contribution in [0.2, 0.25) is 0 Å². The number of carbonyl (C=O) groups excluding carboxylic acids is 2. The van der Waals surface area contributed by atoms with Crippen molar-refractivity contribution >= 4 is 17.8 Å². The number of aliphatic carboxylic acids is 1. The van der Waals surface area contributed by atoms with Gasteiger partial charge in [-0.15, -0.1) is 0 Å². The Kier molecular flexibility index (Phi) is 4.77. The Morgan fingerprint density at radius 1 is 1.10 bits per heavy atom. The monoisotopic (exact) mass is 416 g/mol. The molecule has 0 unspecified atom stereocenters. The van der Waals surface area contributed by atoms with E-state index in [-0.39, 0.29) is 35.2 Å². The second-order valence-electron chi connectivity index (χ2n) is 7.35. The number of nitrogens with zero attached hydrogens (tertiary/aromatic N) is 1. The molecule has 0 spiro atoms. The minimum Gasteiger partial charge on any atom is -0.480 e.